The first-order valence-corrected chi connectivity index (χ1v) is 8.75. The molecule has 0 radical (unpaired) electrons. The molecule has 0 saturated carbocycles. The number of aryl methyl sites for hydroxylation is 1. The van der Waals surface area contributed by atoms with Crippen LogP contribution in [0.3, 0.4) is 0 Å². The summed E-state index contributed by atoms with van der Waals surface area (Å²) >= 11 is 13.8. The number of aromatic nitrogens is 1. The number of carbonyl (C=O) groups excluding carboxylic acids is 1. The third kappa shape index (κ3) is 3.18. The molecule has 0 unspecified atom stereocenters. The quantitative estimate of drug-likeness (QED) is 0.474. The minimum Gasteiger partial charge on any atom is -0.465 e. The van der Waals surface area contributed by atoms with Crippen LogP contribution in [-0.2, 0) is 11.8 Å². The molecular formula is C18H14Cl2NO2S+. The third-order valence-corrected chi connectivity index (χ3v) is 5.09. The number of benzene rings is 1. The summed E-state index contributed by atoms with van der Waals surface area (Å²) in [6.07, 6.45) is 3.91. The van der Waals surface area contributed by atoms with Crippen molar-refractivity contribution in [2.45, 2.75) is 0 Å². The largest absolute Gasteiger partial charge is 0.465 e. The van der Waals surface area contributed by atoms with Crippen LogP contribution in [0.2, 0.25) is 10.0 Å². The summed E-state index contributed by atoms with van der Waals surface area (Å²) in [5.41, 5.74) is 3.52. The van der Waals surface area contributed by atoms with E-state index in [9.17, 15) is 4.79 Å². The number of carbonyl (C=O) groups is 1. The van der Waals surface area contributed by atoms with E-state index in [1.54, 1.807) is 12.1 Å². The lowest BCUT2D eigenvalue weighted by Gasteiger charge is -2.10. The van der Waals surface area contributed by atoms with Gasteiger partial charge in [-0.05, 0) is 23.6 Å². The maximum Gasteiger partial charge on any atom is 0.348 e. The molecule has 2 aromatic heterocycles. The van der Waals surface area contributed by atoms with Gasteiger partial charge in [0.05, 0.1) is 17.7 Å². The van der Waals surface area contributed by atoms with Crippen LogP contribution in [0.15, 0.2) is 48.1 Å². The van der Waals surface area contributed by atoms with E-state index >= 15 is 0 Å². The van der Waals surface area contributed by atoms with Gasteiger partial charge >= 0.3 is 5.97 Å². The fourth-order valence-electron chi connectivity index (χ4n) is 2.53. The van der Waals surface area contributed by atoms with Gasteiger partial charge < -0.3 is 4.74 Å². The van der Waals surface area contributed by atoms with Gasteiger partial charge in [0.15, 0.2) is 12.4 Å². The molecule has 122 valence electrons. The minimum atomic E-state index is -0.346. The Kier molecular flexibility index (Phi) is 4.90. The van der Waals surface area contributed by atoms with E-state index < -0.39 is 0 Å². The number of rotatable bonds is 3. The van der Waals surface area contributed by atoms with Crippen LogP contribution in [0.5, 0.6) is 0 Å². The van der Waals surface area contributed by atoms with Crippen molar-refractivity contribution in [2.24, 2.45) is 7.05 Å². The smallest absolute Gasteiger partial charge is 0.348 e. The maximum absolute atomic E-state index is 12.0. The van der Waals surface area contributed by atoms with E-state index in [2.05, 4.69) is 0 Å². The molecule has 0 aliphatic heterocycles. The molecule has 0 atom stereocenters. The maximum atomic E-state index is 12.0. The Morgan fingerprint density at radius 1 is 1.08 bits per heavy atom. The van der Waals surface area contributed by atoms with Crippen molar-refractivity contribution in [3.8, 4) is 22.3 Å². The Balaban J connectivity index is 2.24. The Bertz CT molecular complexity index is 921. The van der Waals surface area contributed by atoms with Gasteiger partial charge in [0.1, 0.15) is 11.9 Å². The first kappa shape index (κ1) is 17.0. The van der Waals surface area contributed by atoms with Gasteiger partial charge in [-0.2, -0.15) is 0 Å². The summed E-state index contributed by atoms with van der Waals surface area (Å²) < 4.78 is 6.83. The van der Waals surface area contributed by atoms with E-state index in [-0.39, 0.29) is 5.97 Å². The van der Waals surface area contributed by atoms with Gasteiger partial charge in [0.25, 0.3) is 0 Å². The first-order valence-electron chi connectivity index (χ1n) is 7.12. The molecule has 24 heavy (non-hydrogen) atoms. The number of thiophene rings is 1. The van der Waals surface area contributed by atoms with Gasteiger partial charge in [-0.3, -0.25) is 0 Å². The topological polar surface area (TPSA) is 30.2 Å². The van der Waals surface area contributed by atoms with Crippen molar-refractivity contribution in [1.82, 2.24) is 0 Å². The minimum absolute atomic E-state index is 0.346. The molecule has 2 heterocycles. The zero-order chi connectivity index (χ0) is 17.3. The van der Waals surface area contributed by atoms with Crippen LogP contribution in [0.4, 0.5) is 0 Å². The summed E-state index contributed by atoms with van der Waals surface area (Å²) in [5.74, 6) is -0.346. The van der Waals surface area contributed by atoms with Crippen molar-refractivity contribution in [3.63, 3.8) is 0 Å². The lowest BCUT2D eigenvalue weighted by atomic mass is 9.96. The average molecular weight is 379 g/mol. The van der Waals surface area contributed by atoms with Crippen molar-refractivity contribution in [3.05, 3.63) is 63.0 Å². The SMILES string of the molecule is COC(=O)c1sccc1-c1cc[n+](C)cc1-c1ccc(Cl)cc1Cl. The first-order chi connectivity index (χ1) is 11.5. The molecule has 6 heteroatoms. The van der Waals surface area contributed by atoms with Gasteiger partial charge in [0.2, 0.25) is 0 Å². The number of nitrogens with zero attached hydrogens (tertiary/aromatic N) is 1. The van der Waals surface area contributed by atoms with Crippen LogP contribution in [0.25, 0.3) is 22.3 Å². The second-order valence-electron chi connectivity index (χ2n) is 5.22. The predicted molar refractivity (Wildman–Crippen MR) is 97.7 cm³/mol. The lowest BCUT2D eigenvalue weighted by molar-refractivity contribution is -0.670. The monoisotopic (exact) mass is 378 g/mol. The van der Waals surface area contributed by atoms with E-state index in [4.69, 9.17) is 27.9 Å². The molecular weight excluding hydrogens is 365 g/mol. The van der Waals surface area contributed by atoms with Crippen molar-refractivity contribution < 1.29 is 14.1 Å². The summed E-state index contributed by atoms with van der Waals surface area (Å²) in [6, 6.07) is 9.28. The number of pyridine rings is 1. The molecule has 0 bridgehead atoms. The van der Waals surface area contributed by atoms with Gasteiger partial charge in [-0.1, -0.05) is 29.3 Å². The normalized spacial score (nSPS) is 10.7. The Labute approximate surface area is 154 Å². The summed E-state index contributed by atoms with van der Waals surface area (Å²) in [4.78, 5) is 12.6. The Morgan fingerprint density at radius 3 is 2.58 bits per heavy atom. The Hall–Kier alpha value is -1.88. The number of halogens is 2. The molecule has 3 aromatic rings. The van der Waals surface area contributed by atoms with Crippen LogP contribution in [0, 0.1) is 0 Å². The molecule has 0 aliphatic carbocycles. The number of hydrogen-bond donors (Lipinski definition) is 0. The standard InChI is InChI=1S/C18H14Cl2NO2S/c1-21-7-5-12(14-6-8-24-17(14)18(22)23-2)15(10-21)13-4-3-11(19)9-16(13)20/h3-10H,1-2H3/q+1. The predicted octanol–water partition coefficient (Wildman–Crippen LogP) is 5.00. The number of esters is 1. The highest BCUT2D eigenvalue weighted by atomic mass is 35.5. The fraction of sp³-hybridized carbons (Fsp3) is 0.111. The van der Waals surface area contributed by atoms with Crippen molar-refractivity contribution in [2.75, 3.05) is 7.11 Å². The molecule has 3 nitrogen and oxygen atoms in total. The molecule has 3 rings (SSSR count). The molecule has 0 amide bonds. The molecule has 1 aromatic carbocycles. The van der Waals surface area contributed by atoms with Crippen LogP contribution in [-0.4, -0.2) is 13.1 Å². The average Bonchev–Trinajstić information content (AvgIpc) is 3.03. The van der Waals surface area contributed by atoms with E-state index in [0.717, 1.165) is 22.3 Å². The zero-order valence-electron chi connectivity index (χ0n) is 13.0. The molecule has 0 fully saturated rings. The van der Waals surface area contributed by atoms with Crippen molar-refractivity contribution in [1.29, 1.82) is 0 Å². The number of methoxy groups -OCH3 is 1. The van der Waals surface area contributed by atoms with E-state index in [0.29, 0.717) is 14.9 Å². The molecule has 0 saturated heterocycles. The van der Waals surface area contributed by atoms with Gasteiger partial charge in [-0.25, -0.2) is 9.36 Å². The van der Waals surface area contributed by atoms with Gasteiger partial charge in [0, 0.05) is 27.8 Å². The highest BCUT2D eigenvalue weighted by Crippen LogP contribution is 2.38. The second-order valence-corrected chi connectivity index (χ2v) is 6.98. The Morgan fingerprint density at radius 2 is 1.88 bits per heavy atom. The zero-order valence-corrected chi connectivity index (χ0v) is 15.4. The number of ether oxygens (including phenoxy) is 1. The number of hydrogen-bond acceptors (Lipinski definition) is 3. The third-order valence-electron chi connectivity index (χ3n) is 3.65. The summed E-state index contributed by atoms with van der Waals surface area (Å²) in [5, 5.41) is 3.02. The molecule has 0 N–H and O–H groups in total. The molecule has 0 aliphatic rings. The highest BCUT2D eigenvalue weighted by Gasteiger charge is 2.21. The summed E-state index contributed by atoms with van der Waals surface area (Å²) in [6.45, 7) is 0. The van der Waals surface area contributed by atoms with Crippen LogP contribution >= 0.6 is 34.5 Å². The summed E-state index contributed by atoms with van der Waals surface area (Å²) in [7, 11) is 3.32. The van der Waals surface area contributed by atoms with E-state index in [1.165, 1.54) is 18.4 Å². The lowest BCUT2D eigenvalue weighted by Crippen LogP contribution is -2.26. The van der Waals surface area contributed by atoms with E-state index in [1.807, 2.05) is 47.6 Å². The molecule has 0 spiro atoms. The highest BCUT2D eigenvalue weighted by molar-refractivity contribution is 7.12. The van der Waals surface area contributed by atoms with Gasteiger partial charge in [-0.15, -0.1) is 11.3 Å². The van der Waals surface area contributed by atoms with Crippen molar-refractivity contribution >= 4 is 40.5 Å². The second kappa shape index (κ2) is 6.93. The van der Waals surface area contributed by atoms with Crippen LogP contribution < -0.4 is 4.57 Å². The van der Waals surface area contributed by atoms with Crippen LogP contribution in [0.1, 0.15) is 9.67 Å². The fourth-order valence-corrected chi connectivity index (χ4v) is 3.86.